The van der Waals surface area contributed by atoms with Crippen molar-refractivity contribution in [3.05, 3.63) is 41.2 Å². The zero-order valence-corrected chi connectivity index (χ0v) is 9.84. The van der Waals surface area contributed by atoms with Gasteiger partial charge in [-0.3, -0.25) is 0 Å². The van der Waals surface area contributed by atoms with E-state index in [0.29, 0.717) is 0 Å². The molecule has 2 heteroatoms. The Morgan fingerprint density at radius 2 is 2.31 bits per heavy atom. The molecule has 0 aromatic carbocycles. The average molecular weight is 263 g/mol. The van der Waals surface area contributed by atoms with E-state index in [1.54, 1.807) is 0 Å². The molecule has 0 saturated heterocycles. The molecule has 13 heavy (non-hydrogen) atoms. The molecule has 0 unspecified atom stereocenters. The van der Waals surface area contributed by atoms with Crippen LogP contribution >= 0.6 is 0 Å². The van der Waals surface area contributed by atoms with Crippen LogP contribution in [0.1, 0.15) is 13.8 Å². The minimum absolute atomic E-state index is 0.885. The molecule has 0 radical (unpaired) electrons. The Hall–Kier alpha value is -0.617. The molecular formula is C11H16NRu. The summed E-state index contributed by atoms with van der Waals surface area (Å²) in [7, 11) is 0. The van der Waals surface area contributed by atoms with Gasteiger partial charge in [0.1, 0.15) is 0 Å². The molecule has 0 bridgehead atoms. The van der Waals surface area contributed by atoms with Crippen molar-refractivity contribution in [1.29, 1.82) is 0 Å². The van der Waals surface area contributed by atoms with Crippen molar-refractivity contribution in [2.45, 2.75) is 18.9 Å². The monoisotopic (exact) mass is 264 g/mol. The average Bonchev–Trinajstić information content (AvgIpc) is 2.65. The molecule has 1 aromatic rings. The standard InChI is InChI=1S/C5H7.C4H4N.C2H5.Ru/c1-3-5-4-2;1-2-4-5-3-1;1-2;/h1,3-5H,2H3;1-3,5H;1H2,2H3;. The summed E-state index contributed by atoms with van der Waals surface area (Å²) in [5.41, 5.74) is 0. The van der Waals surface area contributed by atoms with E-state index in [4.69, 9.17) is 0 Å². The molecule has 0 fully saturated rings. The van der Waals surface area contributed by atoms with Crippen LogP contribution in [0, 0.1) is 0 Å². The molecule has 0 aliphatic heterocycles. The molecule has 1 aromatic heterocycles. The van der Waals surface area contributed by atoms with Crippen LogP contribution in [-0.4, -0.2) is 4.98 Å². The fraction of sp³-hybridized carbons (Fsp3) is 0.273. The van der Waals surface area contributed by atoms with E-state index in [0.717, 1.165) is 0 Å². The fourth-order valence-corrected chi connectivity index (χ4v) is 3.95. The van der Waals surface area contributed by atoms with Gasteiger partial charge in [-0.1, -0.05) is 0 Å². The van der Waals surface area contributed by atoms with E-state index in [-0.39, 0.29) is 0 Å². The van der Waals surface area contributed by atoms with Gasteiger partial charge in [-0.25, -0.2) is 0 Å². The van der Waals surface area contributed by atoms with Gasteiger partial charge in [0.15, 0.2) is 0 Å². The Balaban J connectivity index is 2.63. The van der Waals surface area contributed by atoms with Gasteiger partial charge < -0.3 is 0 Å². The van der Waals surface area contributed by atoms with Gasteiger partial charge in [-0.05, 0) is 0 Å². The number of allylic oxidation sites excluding steroid dienone is 3. The number of H-pyrrole nitrogens is 1. The predicted molar refractivity (Wildman–Crippen MR) is 54.9 cm³/mol. The molecule has 1 rings (SSSR count). The molecular weight excluding hydrogens is 247 g/mol. The summed E-state index contributed by atoms with van der Waals surface area (Å²) in [5.74, 6) is 0. The molecule has 73 valence electrons. The van der Waals surface area contributed by atoms with Gasteiger partial charge >= 0.3 is 85.3 Å². The predicted octanol–water partition coefficient (Wildman–Crippen LogP) is 2.79. The Morgan fingerprint density at radius 1 is 1.46 bits per heavy atom. The quantitative estimate of drug-likeness (QED) is 0.635. The molecule has 1 nitrogen and oxygen atoms in total. The second-order valence-corrected chi connectivity index (χ2v) is 7.03. The summed E-state index contributed by atoms with van der Waals surface area (Å²) in [4.78, 5) is 3.30. The van der Waals surface area contributed by atoms with Crippen molar-refractivity contribution >= 4 is 4.29 Å². The van der Waals surface area contributed by atoms with Crippen LogP contribution in [0.25, 0.3) is 0 Å². The third kappa shape index (κ3) is 3.32. The number of rotatable bonds is 4. The van der Waals surface area contributed by atoms with Crippen molar-refractivity contribution in [2.75, 3.05) is 0 Å². The van der Waals surface area contributed by atoms with Crippen LogP contribution in [0.15, 0.2) is 41.2 Å². The summed E-state index contributed by atoms with van der Waals surface area (Å²) >= 11 is -0.885. The van der Waals surface area contributed by atoms with Crippen LogP contribution in [-0.2, 0) is 16.0 Å². The number of aromatic amines is 1. The first-order valence-electron chi connectivity index (χ1n) is 4.41. The van der Waals surface area contributed by atoms with Crippen molar-refractivity contribution in [3.63, 3.8) is 0 Å². The van der Waals surface area contributed by atoms with Gasteiger partial charge in [0.25, 0.3) is 0 Å². The zero-order chi connectivity index (χ0) is 9.52. The van der Waals surface area contributed by atoms with Gasteiger partial charge in [-0.15, -0.1) is 0 Å². The zero-order valence-electron chi connectivity index (χ0n) is 8.10. The molecule has 1 heterocycles. The third-order valence-corrected chi connectivity index (χ3v) is 5.68. The van der Waals surface area contributed by atoms with Crippen LogP contribution in [0.5, 0.6) is 0 Å². The molecule has 0 aliphatic carbocycles. The maximum absolute atomic E-state index is 3.30. The van der Waals surface area contributed by atoms with Crippen LogP contribution < -0.4 is 4.29 Å². The van der Waals surface area contributed by atoms with Gasteiger partial charge in [0.2, 0.25) is 0 Å². The number of nitrogens with one attached hydrogen (secondary N) is 1. The van der Waals surface area contributed by atoms with E-state index < -0.39 is 16.0 Å². The normalized spacial score (nSPS) is 12.9. The molecule has 0 amide bonds. The van der Waals surface area contributed by atoms with Crippen molar-refractivity contribution in [3.8, 4) is 0 Å². The number of hydrogen-bond donors (Lipinski definition) is 1. The second-order valence-electron chi connectivity index (χ2n) is 2.46. The molecule has 0 atom stereocenters. The molecule has 0 aliphatic rings. The van der Waals surface area contributed by atoms with Gasteiger partial charge in [-0.2, -0.15) is 0 Å². The van der Waals surface area contributed by atoms with Gasteiger partial charge in [0.05, 0.1) is 0 Å². The molecule has 1 N–H and O–H groups in total. The van der Waals surface area contributed by atoms with Crippen molar-refractivity contribution in [1.82, 2.24) is 4.98 Å². The molecule has 0 spiro atoms. The summed E-state index contributed by atoms with van der Waals surface area (Å²) in [6, 6.07) is 4.28. The Kier molecular flexibility index (Phi) is 4.78. The van der Waals surface area contributed by atoms with Gasteiger partial charge in [0, 0.05) is 0 Å². The first kappa shape index (κ1) is 10.5. The Labute approximate surface area is 85.5 Å². The summed E-state index contributed by atoms with van der Waals surface area (Å²) < 4.78 is 3.81. The van der Waals surface area contributed by atoms with E-state index in [2.05, 4.69) is 46.9 Å². The Bertz CT molecular complexity index is 272. The van der Waals surface area contributed by atoms with Crippen LogP contribution in [0.4, 0.5) is 0 Å². The third-order valence-electron chi connectivity index (χ3n) is 1.58. The fourth-order valence-electron chi connectivity index (χ4n) is 0.959. The summed E-state index contributed by atoms with van der Waals surface area (Å²) in [5, 5.41) is 1.28. The van der Waals surface area contributed by atoms with E-state index in [9.17, 15) is 0 Å². The summed E-state index contributed by atoms with van der Waals surface area (Å²) in [6.45, 7) is 4.31. The van der Waals surface area contributed by atoms with Crippen LogP contribution in [0.2, 0.25) is 5.02 Å². The SMILES string of the molecule is CC=CC=[CH][Ru]([CH2]C)[c]1ccc[nH]1. The van der Waals surface area contributed by atoms with E-state index in [1.165, 1.54) is 9.30 Å². The molecule has 0 saturated carbocycles. The van der Waals surface area contributed by atoms with E-state index in [1.807, 2.05) is 13.1 Å². The number of aromatic nitrogens is 1. The van der Waals surface area contributed by atoms with Crippen LogP contribution in [0.3, 0.4) is 0 Å². The van der Waals surface area contributed by atoms with E-state index >= 15 is 0 Å². The first-order valence-corrected chi connectivity index (χ1v) is 7.51. The van der Waals surface area contributed by atoms with Crippen molar-refractivity contribution in [2.24, 2.45) is 0 Å². The second kappa shape index (κ2) is 5.93. The number of hydrogen-bond acceptors (Lipinski definition) is 0. The van der Waals surface area contributed by atoms with Crippen molar-refractivity contribution < 1.29 is 16.0 Å². The minimum atomic E-state index is -0.885. The maximum atomic E-state index is 3.30. The first-order chi connectivity index (χ1) is 6.38. The summed E-state index contributed by atoms with van der Waals surface area (Å²) in [6.07, 6.45) is 8.34. The Morgan fingerprint density at radius 3 is 2.85 bits per heavy atom. The topological polar surface area (TPSA) is 15.8 Å².